The monoisotopic (exact) mass is 365 g/mol. The predicted octanol–water partition coefficient (Wildman–Crippen LogP) is 4.49. The predicted molar refractivity (Wildman–Crippen MR) is 87.4 cm³/mol. The van der Waals surface area contributed by atoms with Gasteiger partial charge in [-0.1, -0.05) is 15.9 Å². The highest BCUT2D eigenvalue weighted by Gasteiger charge is 2.17. The molecule has 1 aromatic carbocycles. The van der Waals surface area contributed by atoms with E-state index in [9.17, 15) is 0 Å². The molecule has 6 heteroatoms. The number of hydrogen-bond donors (Lipinski definition) is 0. The van der Waals surface area contributed by atoms with Crippen molar-refractivity contribution in [1.82, 2.24) is 14.5 Å². The molecule has 0 aliphatic carbocycles. The van der Waals surface area contributed by atoms with Crippen molar-refractivity contribution >= 4 is 38.7 Å². The lowest BCUT2D eigenvalue weighted by Crippen LogP contribution is -2.03. The van der Waals surface area contributed by atoms with Gasteiger partial charge in [0.2, 0.25) is 0 Å². The second-order valence-electron chi connectivity index (χ2n) is 4.62. The number of pyridine rings is 1. The third kappa shape index (κ3) is 2.63. The van der Waals surface area contributed by atoms with Gasteiger partial charge in [-0.2, -0.15) is 0 Å². The minimum atomic E-state index is -0.232. The van der Waals surface area contributed by atoms with Gasteiger partial charge in [0.1, 0.15) is 17.1 Å². The molecule has 0 saturated carbocycles. The number of benzene rings is 1. The molecule has 3 rings (SSSR count). The van der Waals surface area contributed by atoms with Crippen molar-refractivity contribution in [3.8, 4) is 11.4 Å². The topological polar surface area (TPSA) is 39.9 Å². The molecule has 0 bridgehead atoms. The second kappa shape index (κ2) is 5.66. The minimum Gasteiger partial charge on any atom is -0.497 e. The van der Waals surface area contributed by atoms with Gasteiger partial charge in [0, 0.05) is 16.7 Å². The van der Waals surface area contributed by atoms with E-state index in [0.29, 0.717) is 0 Å². The smallest absolute Gasteiger partial charge is 0.164 e. The van der Waals surface area contributed by atoms with Gasteiger partial charge in [-0.3, -0.25) is 4.57 Å². The number of ether oxygens (including phenoxy) is 1. The van der Waals surface area contributed by atoms with E-state index in [1.807, 2.05) is 41.8 Å². The van der Waals surface area contributed by atoms with E-state index in [-0.39, 0.29) is 5.38 Å². The van der Waals surface area contributed by atoms with Gasteiger partial charge in [0.05, 0.1) is 18.2 Å². The Morgan fingerprint density at radius 3 is 2.86 bits per heavy atom. The number of fused-ring (bicyclic) bond motifs is 1. The van der Waals surface area contributed by atoms with E-state index in [1.165, 1.54) is 0 Å². The number of halogens is 2. The first-order chi connectivity index (χ1) is 10.1. The highest BCUT2D eigenvalue weighted by molar-refractivity contribution is 9.10. The normalized spacial score (nSPS) is 12.6. The van der Waals surface area contributed by atoms with Crippen LogP contribution in [0, 0.1) is 0 Å². The van der Waals surface area contributed by atoms with Gasteiger partial charge in [-0.25, -0.2) is 9.97 Å². The Balaban J connectivity index is 2.32. The van der Waals surface area contributed by atoms with Crippen LogP contribution in [0.3, 0.4) is 0 Å². The molecule has 1 atom stereocenters. The van der Waals surface area contributed by atoms with Crippen molar-refractivity contribution < 1.29 is 4.74 Å². The Hall–Kier alpha value is -1.59. The number of aromatic nitrogens is 3. The first kappa shape index (κ1) is 14.4. The lowest BCUT2D eigenvalue weighted by atomic mass is 10.3. The summed E-state index contributed by atoms with van der Waals surface area (Å²) in [6.45, 7) is 1.90. The van der Waals surface area contributed by atoms with E-state index in [1.54, 1.807) is 13.3 Å². The summed E-state index contributed by atoms with van der Waals surface area (Å²) in [4.78, 5) is 9.02. The zero-order valence-corrected chi connectivity index (χ0v) is 13.9. The van der Waals surface area contributed by atoms with Crippen molar-refractivity contribution in [3.05, 3.63) is 46.8 Å². The van der Waals surface area contributed by atoms with Crippen LogP contribution >= 0.6 is 27.5 Å². The first-order valence-electron chi connectivity index (χ1n) is 6.42. The Morgan fingerprint density at radius 2 is 2.14 bits per heavy atom. The van der Waals surface area contributed by atoms with Crippen molar-refractivity contribution in [2.75, 3.05) is 7.11 Å². The summed E-state index contributed by atoms with van der Waals surface area (Å²) in [5, 5.41) is -0.232. The molecule has 1 unspecified atom stereocenters. The van der Waals surface area contributed by atoms with Crippen LogP contribution in [-0.2, 0) is 0 Å². The number of hydrogen-bond acceptors (Lipinski definition) is 3. The molecule has 2 heterocycles. The van der Waals surface area contributed by atoms with Gasteiger partial charge in [0.25, 0.3) is 0 Å². The quantitative estimate of drug-likeness (QED) is 0.641. The molecule has 21 heavy (non-hydrogen) atoms. The van der Waals surface area contributed by atoms with Crippen LogP contribution in [-0.4, -0.2) is 21.6 Å². The largest absolute Gasteiger partial charge is 0.497 e. The Morgan fingerprint density at radius 1 is 1.33 bits per heavy atom. The van der Waals surface area contributed by atoms with Crippen molar-refractivity contribution in [2.24, 2.45) is 0 Å². The maximum Gasteiger partial charge on any atom is 0.164 e. The van der Waals surface area contributed by atoms with Crippen LogP contribution in [0.15, 0.2) is 41.0 Å². The Bertz CT molecular complexity index is 801. The number of methoxy groups -OCH3 is 1. The summed E-state index contributed by atoms with van der Waals surface area (Å²) >= 11 is 9.79. The number of rotatable bonds is 3. The van der Waals surface area contributed by atoms with Crippen LogP contribution in [0.2, 0.25) is 0 Å². The molecular weight excluding hydrogens is 354 g/mol. The summed E-state index contributed by atoms with van der Waals surface area (Å²) in [7, 11) is 1.64. The average Bonchev–Trinajstić information content (AvgIpc) is 2.86. The Labute approximate surface area is 135 Å². The molecule has 0 aliphatic rings. The standard InChI is InChI=1S/C15H13BrClN3O/c1-9(17)14-19-13-4-3-5-18-15(13)20(14)11-6-10(16)7-12(8-11)21-2/h3-9H,1-2H3. The van der Waals surface area contributed by atoms with E-state index in [4.69, 9.17) is 16.3 Å². The fraction of sp³-hybridized carbons (Fsp3) is 0.200. The van der Waals surface area contributed by atoms with Gasteiger partial charge in [-0.05, 0) is 31.2 Å². The molecule has 3 aromatic rings. The highest BCUT2D eigenvalue weighted by atomic mass is 79.9. The van der Waals surface area contributed by atoms with Crippen molar-refractivity contribution in [1.29, 1.82) is 0 Å². The third-order valence-corrected chi connectivity index (χ3v) is 3.80. The van der Waals surface area contributed by atoms with Crippen LogP contribution in [0.4, 0.5) is 0 Å². The molecule has 108 valence electrons. The number of imidazole rings is 1. The SMILES string of the molecule is COc1cc(Br)cc(-n2c(C(C)Cl)nc3cccnc32)c1. The van der Waals surface area contributed by atoms with Crippen LogP contribution in [0.1, 0.15) is 18.1 Å². The molecule has 0 saturated heterocycles. The highest BCUT2D eigenvalue weighted by Crippen LogP contribution is 2.30. The van der Waals surface area contributed by atoms with Gasteiger partial charge < -0.3 is 4.74 Å². The van der Waals surface area contributed by atoms with Crippen molar-refractivity contribution in [3.63, 3.8) is 0 Å². The lowest BCUT2D eigenvalue weighted by Gasteiger charge is -2.12. The minimum absolute atomic E-state index is 0.232. The zero-order valence-electron chi connectivity index (χ0n) is 11.5. The maximum atomic E-state index is 6.29. The van der Waals surface area contributed by atoms with Gasteiger partial charge >= 0.3 is 0 Å². The summed E-state index contributed by atoms with van der Waals surface area (Å²) in [5.74, 6) is 1.51. The third-order valence-electron chi connectivity index (χ3n) is 3.15. The summed E-state index contributed by atoms with van der Waals surface area (Å²) in [6.07, 6.45) is 1.75. The lowest BCUT2D eigenvalue weighted by molar-refractivity contribution is 0.414. The van der Waals surface area contributed by atoms with Gasteiger partial charge in [0.15, 0.2) is 5.65 Å². The summed E-state index contributed by atoms with van der Waals surface area (Å²) < 4.78 is 8.21. The molecule has 0 N–H and O–H groups in total. The fourth-order valence-electron chi connectivity index (χ4n) is 2.25. The van der Waals surface area contributed by atoms with Crippen LogP contribution < -0.4 is 4.74 Å². The number of nitrogens with zero attached hydrogens (tertiary/aromatic N) is 3. The molecule has 0 fully saturated rings. The van der Waals surface area contributed by atoms with E-state index in [0.717, 1.165) is 32.9 Å². The number of alkyl halides is 1. The zero-order chi connectivity index (χ0) is 15.0. The Kier molecular flexibility index (Phi) is 3.87. The van der Waals surface area contributed by atoms with Crippen LogP contribution in [0.25, 0.3) is 16.9 Å². The van der Waals surface area contributed by atoms with Gasteiger partial charge in [-0.15, -0.1) is 11.6 Å². The fourth-order valence-corrected chi connectivity index (χ4v) is 2.85. The second-order valence-corrected chi connectivity index (χ2v) is 6.19. The first-order valence-corrected chi connectivity index (χ1v) is 7.65. The summed E-state index contributed by atoms with van der Waals surface area (Å²) in [6, 6.07) is 9.62. The summed E-state index contributed by atoms with van der Waals surface area (Å²) in [5.41, 5.74) is 2.50. The molecule has 2 aromatic heterocycles. The molecule has 0 spiro atoms. The molecule has 0 aliphatic heterocycles. The molecule has 0 amide bonds. The van der Waals surface area contributed by atoms with Crippen molar-refractivity contribution in [2.45, 2.75) is 12.3 Å². The van der Waals surface area contributed by atoms with E-state index >= 15 is 0 Å². The molecule has 0 radical (unpaired) electrons. The van der Waals surface area contributed by atoms with Crippen LogP contribution in [0.5, 0.6) is 5.75 Å². The van der Waals surface area contributed by atoms with E-state index in [2.05, 4.69) is 25.9 Å². The molecular formula is C15H13BrClN3O. The van der Waals surface area contributed by atoms with E-state index < -0.39 is 0 Å². The maximum absolute atomic E-state index is 6.29. The molecule has 4 nitrogen and oxygen atoms in total. The average molecular weight is 367 g/mol.